The Morgan fingerprint density at radius 3 is 2.58 bits per heavy atom. The van der Waals surface area contributed by atoms with Gasteiger partial charge < -0.3 is 4.90 Å². The zero-order chi connectivity index (χ0) is 18.1. The van der Waals surface area contributed by atoms with E-state index in [4.69, 9.17) is 0 Å². The molecule has 2 aromatic rings. The number of carbonyl (C=O) groups is 1. The summed E-state index contributed by atoms with van der Waals surface area (Å²) in [5.41, 5.74) is 1.92. The number of carbonyl (C=O) groups excluding carboxylic acids is 1. The quantitative estimate of drug-likeness (QED) is 0.806. The highest BCUT2D eigenvalue weighted by atomic mass is 32.2. The van der Waals surface area contributed by atoms with E-state index >= 15 is 0 Å². The highest BCUT2D eigenvalue weighted by Crippen LogP contribution is 2.43. The van der Waals surface area contributed by atoms with Crippen LogP contribution in [-0.2, 0) is 4.79 Å². The molecule has 6 heteroatoms. The molecule has 26 heavy (non-hydrogen) atoms. The van der Waals surface area contributed by atoms with Crippen molar-refractivity contribution >= 4 is 23.4 Å². The number of anilines is 1. The molecular formula is C20H16FN3OS. The van der Waals surface area contributed by atoms with Gasteiger partial charge in [-0.05, 0) is 23.8 Å². The normalized spacial score (nSPS) is 20.0. The molecule has 2 heterocycles. The molecule has 130 valence electrons. The number of fused-ring (bicyclic) bond motifs is 1. The number of thioether (sulfide) groups is 1. The molecule has 0 spiro atoms. The van der Waals surface area contributed by atoms with Crippen molar-refractivity contribution in [2.75, 3.05) is 17.4 Å². The number of benzene rings is 2. The molecule has 2 aromatic carbocycles. The van der Waals surface area contributed by atoms with Gasteiger partial charge in [0.15, 0.2) is 0 Å². The van der Waals surface area contributed by atoms with Gasteiger partial charge in [-0.15, -0.1) is 0 Å². The summed E-state index contributed by atoms with van der Waals surface area (Å²) in [6.07, 6.45) is 0.108. The van der Waals surface area contributed by atoms with E-state index in [0.29, 0.717) is 28.7 Å². The van der Waals surface area contributed by atoms with Crippen molar-refractivity contribution in [1.29, 1.82) is 5.26 Å². The third-order valence-corrected chi connectivity index (χ3v) is 5.85. The zero-order valence-corrected chi connectivity index (χ0v) is 14.7. The summed E-state index contributed by atoms with van der Waals surface area (Å²) in [6, 6.07) is 18.5. The van der Waals surface area contributed by atoms with Crippen molar-refractivity contribution < 1.29 is 9.18 Å². The first kappa shape index (κ1) is 16.7. The molecule has 0 saturated carbocycles. The Labute approximate surface area is 155 Å². The molecule has 0 radical (unpaired) electrons. The summed E-state index contributed by atoms with van der Waals surface area (Å²) < 4.78 is 14.2. The van der Waals surface area contributed by atoms with E-state index in [9.17, 15) is 14.4 Å². The molecule has 1 saturated heterocycles. The molecule has 0 N–H and O–H groups in total. The first-order valence-electron chi connectivity index (χ1n) is 8.31. The van der Waals surface area contributed by atoms with Crippen LogP contribution in [0.5, 0.6) is 0 Å². The van der Waals surface area contributed by atoms with E-state index in [1.165, 1.54) is 17.8 Å². The van der Waals surface area contributed by atoms with Gasteiger partial charge in [-0.2, -0.15) is 5.26 Å². The summed E-state index contributed by atoms with van der Waals surface area (Å²) in [6.45, 7) is 0.403. The van der Waals surface area contributed by atoms with Gasteiger partial charge in [-0.1, -0.05) is 48.2 Å². The van der Waals surface area contributed by atoms with Gasteiger partial charge in [0.1, 0.15) is 5.82 Å². The van der Waals surface area contributed by atoms with Crippen LogP contribution in [0.3, 0.4) is 0 Å². The first-order chi connectivity index (χ1) is 12.7. The minimum Gasteiger partial charge on any atom is -0.344 e. The van der Waals surface area contributed by atoms with Crippen LogP contribution in [0.25, 0.3) is 0 Å². The van der Waals surface area contributed by atoms with Crippen molar-refractivity contribution in [2.24, 2.45) is 0 Å². The fourth-order valence-electron chi connectivity index (χ4n) is 3.39. The average Bonchev–Trinajstić information content (AvgIpc) is 2.69. The third kappa shape index (κ3) is 2.85. The molecular weight excluding hydrogens is 349 g/mol. The van der Waals surface area contributed by atoms with E-state index in [0.717, 1.165) is 5.69 Å². The van der Waals surface area contributed by atoms with E-state index in [-0.39, 0.29) is 18.1 Å². The second-order valence-corrected chi connectivity index (χ2v) is 7.15. The van der Waals surface area contributed by atoms with Crippen molar-refractivity contribution in [2.45, 2.75) is 12.3 Å². The Kier molecular flexibility index (Phi) is 4.39. The monoisotopic (exact) mass is 365 g/mol. The van der Waals surface area contributed by atoms with Crippen molar-refractivity contribution in [3.63, 3.8) is 0 Å². The molecule has 2 aliphatic rings. The Morgan fingerprint density at radius 1 is 1.12 bits per heavy atom. The zero-order valence-electron chi connectivity index (χ0n) is 13.9. The second kappa shape index (κ2) is 6.85. The fourth-order valence-corrected chi connectivity index (χ4v) is 4.56. The maximum absolute atomic E-state index is 14.2. The van der Waals surface area contributed by atoms with E-state index in [2.05, 4.69) is 11.0 Å². The van der Waals surface area contributed by atoms with Crippen LogP contribution >= 0.6 is 11.8 Å². The molecule has 1 atom stereocenters. The van der Waals surface area contributed by atoms with Crippen LogP contribution in [0.15, 0.2) is 65.2 Å². The standard InChI is InChI=1S/C20H16FN3OS/c21-18-9-5-4-8-15(18)16-10-19(25)24-12-23(14-6-2-1-3-7-14)13-26-20(24)17(16)11-22/h1-9,16H,10,12-13H2/t16-/m1/s1. The van der Waals surface area contributed by atoms with Gasteiger partial charge in [0, 0.05) is 18.0 Å². The lowest BCUT2D eigenvalue weighted by molar-refractivity contribution is -0.129. The smallest absolute Gasteiger partial charge is 0.229 e. The average molecular weight is 365 g/mol. The predicted octanol–water partition coefficient (Wildman–Crippen LogP) is 4.05. The van der Waals surface area contributed by atoms with Crippen molar-refractivity contribution in [3.8, 4) is 6.07 Å². The van der Waals surface area contributed by atoms with Gasteiger partial charge in [-0.3, -0.25) is 9.69 Å². The summed E-state index contributed by atoms with van der Waals surface area (Å²) in [5, 5.41) is 10.4. The number of rotatable bonds is 2. The van der Waals surface area contributed by atoms with Gasteiger partial charge in [0.05, 0.1) is 29.2 Å². The van der Waals surface area contributed by atoms with Crippen molar-refractivity contribution in [1.82, 2.24) is 4.90 Å². The fraction of sp³-hybridized carbons (Fsp3) is 0.200. The minimum atomic E-state index is -0.518. The minimum absolute atomic E-state index is 0.0830. The molecule has 4 rings (SSSR count). The summed E-state index contributed by atoms with van der Waals surface area (Å²) in [5.74, 6) is -0.340. The third-order valence-electron chi connectivity index (χ3n) is 4.70. The van der Waals surface area contributed by atoms with Crippen LogP contribution in [0.2, 0.25) is 0 Å². The van der Waals surface area contributed by atoms with E-state index in [1.54, 1.807) is 23.1 Å². The first-order valence-corrected chi connectivity index (χ1v) is 9.29. The molecule has 1 fully saturated rings. The Morgan fingerprint density at radius 2 is 1.85 bits per heavy atom. The molecule has 1 amide bonds. The van der Waals surface area contributed by atoms with Gasteiger partial charge in [0.25, 0.3) is 0 Å². The van der Waals surface area contributed by atoms with Crippen LogP contribution in [-0.4, -0.2) is 23.4 Å². The number of nitrogens with zero attached hydrogens (tertiary/aromatic N) is 3. The van der Waals surface area contributed by atoms with Gasteiger partial charge in [0.2, 0.25) is 5.91 Å². The summed E-state index contributed by atoms with van der Waals surface area (Å²) in [4.78, 5) is 16.5. The number of hydrogen-bond acceptors (Lipinski definition) is 4. The largest absolute Gasteiger partial charge is 0.344 e. The Hall–Kier alpha value is -2.78. The SMILES string of the molecule is N#CC1=C2SCN(c3ccccc3)CN2C(=O)C[C@@H]1c1ccccc1F. The molecule has 0 bridgehead atoms. The summed E-state index contributed by atoms with van der Waals surface area (Å²) >= 11 is 1.46. The number of amides is 1. The number of halogens is 1. The number of nitriles is 1. The number of hydrogen-bond donors (Lipinski definition) is 0. The number of para-hydroxylation sites is 1. The van der Waals surface area contributed by atoms with Crippen molar-refractivity contribution in [3.05, 3.63) is 76.6 Å². The maximum atomic E-state index is 14.2. The van der Waals surface area contributed by atoms with E-state index in [1.807, 2.05) is 30.3 Å². The maximum Gasteiger partial charge on any atom is 0.229 e. The lowest BCUT2D eigenvalue weighted by Crippen LogP contribution is -2.47. The summed E-state index contributed by atoms with van der Waals surface area (Å²) in [7, 11) is 0. The highest BCUT2D eigenvalue weighted by molar-refractivity contribution is 8.03. The Balaban J connectivity index is 1.70. The number of allylic oxidation sites excluding steroid dienone is 1. The molecule has 0 aliphatic carbocycles. The predicted molar refractivity (Wildman–Crippen MR) is 99.5 cm³/mol. The van der Waals surface area contributed by atoms with Gasteiger partial charge >= 0.3 is 0 Å². The van der Waals surface area contributed by atoms with Crippen LogP contribution in [0.1, 0.15) is 17.9 Å². The molecule has 2 aliphatic heterocycles. The molecule has 0 unspecified atom stereocenters. The molecule has 4 nitrogen and oxygen atoms in total. The second-order valence-electron chi connectivity index (χ2n) is 6.22. The highest BCUT2D eigenvalue weighted by Gasteiger charge is 2.39. The van der Waals surface area contributed by atoms with E-state index < -0.39 is 5.92 Å². The van der Waals surface area contributed by atoms with Crippen LogP contribution in [0.4, 0.5) is 10.1 Å². The van der Waals surface area contributed by atoms with Crippen LogP contribution < -0.4 is 4.90 Å². The topological polar surface area (TPSA) is 47.3 Å². The van der Waals surface area contributed by atoms with Gasteiger partial charge in [-0.25, -0.2) is 4.39 Å². The molecule has 0 aromatic heterocycles. The lowest BCUT2D eigenvalue weighted by atomic mass is 9.86. The lowest BCUT2D eigenvalue weighted by Gasteiger charge is -2.42. The Bertz CT molecular complexity index is 922. The van der Waals surface area contributed by atoms with Crippen LogP contribution in [0, 0.1) is 17.1 Å².